The maximum Gasteiger partial charge on any atom is 0.249 e. The van der Waals surface area contributed by atoms with Crippen LogP contribution in [0.4, 0.5) is 0 Å². The van der Waals surface area contributed by atoms with Crippen molar-refractivity contribution in [2.24, 2.45) is 0 Å². The Bertz CT molecular complexity index is 1330. The molecule has 1 fully saturated rings. The Morgan fingerprint density at radius 1 is 0.430 bits per heavy atom. The number of nitrogens with one attached hydrogen (secondary N) is 1. The Morgan fingerprint density at radius 2 is 0.759 bits per heavy atom. The zero-order valence-corrected chi connectivity index (χ0v) is 51.6. The van der Waals surface area contributed by atoms with Gasteiger partial charge >= 0.3 is 0 Å². The summed E-state index contributed by atoms with van der Waals surface area (Å²) in [6.45, 7) is 3.49. The number of carbonyl (C=O) groups excluding carboxylic acids is 1. The first-order valence-electron chi connectivity index (χ1n) is 34.2. The number of hydrogen-bond acceptors (Lipinski definition) is 10. The molecule has 1 amide bonds. The molecule has 8 N–H and O–H groups in total. The van der Waals surface area contributed by atoms with Crippen LogP contribution < -0.4 is 5.32 Å². The van der Waals surface area contributed by atoms with Crippen molar-refractivity contribution in [2.75, 3.05) is 13.2 Å². The minimum absolute atomic E-state index is 0.249. The molecule has 1 heterocycles. The van der Waals surface area contributed by atoms with Gasteiger partial charge in [-0.2, -0.15) is 0 Å². The van der Waals surface area contributed by atoms with Crippen molar-refractivity contribution in [2.45, 2.75) is 390 Å². The molecule has 11 heteroatoms. The van der Waals surface area contributed by atoms with Crippen molar-refractivity contribution in [3.63, 3.8) is 0 Å². The standard InChI is InChI=1S/C68H131NO10/c1-3-5-7-9-11-13-15-17-19-21-23-25-26-27-28-29-30-31-32-33-34-35-36-38-40-42-44-46-48-50-52-54-56-61(72)67(77)69-59(58-78-68-66(76)65(75)64(74)62(57-70)79-68)63(73)60(71)55-53-51-49-47-45-43-41-39-37-24-22-20-18-16-14-12-10-8-6-4-2/h39,41,47,49,59-66,68,70-76H,3-38,40,42-46,48,50-58H2,1-2H3,(H,69,77)/b41-39+,49-47+. The highest BCUT2D eigenvalue weighted by Gasteiger charge is 2.44. The lowest BCUT2D eigenvalue weighted by Gasteiger charge is -2.40. The van der Waals surface area contributed by atoms with E-state index in [1.807, 2.05) is 0 Å². The summed E-state index contributed by atoms with van der Waals surface area (Å²) in [5, 5.41) is 76.4. The number of aliphatic hydroxyl groups excluding tert-OH is 7. The van der Waals surface area contributed by atoms with Crippen LogP contribution >= 0.6 is 0 Å². The third-order valence-corrected chi connectivity index (χ3v) is 16.7. The van der Waals surface area contributed by atoms with Crippen molar-refractivity contribution in [1.82, 2.24) is 5.32 Å². The molecule has 0 aliphatic carbocycles. The summed E-state index contributed by atoms with van der Waals surface area (Å²) in [5.74, 6) is -0.704. The van der Waals surface area contributed by atoms with Crippen LogP contribution in [-0.4, -0.2) is 110 Å². The summed E-state index contributed by atoms with van der Waals surface area (Å²) < 4.78 is 11.2. The molecule has 0 spiro atoms. The van der Waals surface area contributed by atoms with Crippen molar-refractivity contribution >= 4 is 5.91 Å². The molecule has 0 aromatic carbocycles. The molecule has 1 rings (SSSR count). The summed E-state index contributed by atoms with van der Waals surface area (Å²) in [4.78, 5) is 13.2. The fourth-order valence-corrected chi connectivity index (χ4v) is 11.2. The molecule has 468 valence electrons. The van der Waals surface area contributed by atoms with E-state index < -0.39 is 74.2 Å². The normalized spacial score (nSPS) is 19.4. The van der Waals surface area contributed by atoms with Gasteiger partial charge in [-0.1, -0.05) is 308 Å². The van der Waals surface area contributed by atoms with Crippen LogP contribution in [0.1, 0.15) is 335 Å². The SMILES string of the molecule is CCCCCCCCCCCCC/C=C/CC/C=C/CCCC(O)C(O)C(COC1OC(CO)C(O)C(O)C1O)NC(=O)C(O)CCCCCCCCCCCCCCCCCCCCCCCCCCCCCCCCCC. The van der Waals surface area contributed by atoms with E-state index >= 15 is 0 Å². The number of ether oxygens (including phenoxy) is 2. The van der Waals surface area contributed by atoms with E-state index in [0.717, 1.165) is 38.5 Å². The monoisotopic (exact) mass is 1120 g/mol. The number of unbranched alkanes of at least 4 members (excludes halogenated alkanes) is 44. The zero-order chi connectivity index (χ0) is 57.5. The highest BCUT2D eigenvalue weighted by Crippen LogP contribution is 2.24. The second-order valence-electron chi connectivity index (χ2n) is 24.2. The molecule has 79 heavy (non-hydrogen) atoms. The second kappa shape index (κ2) is 57.0. The molecule has 0 radical (unpaired) electrons. The fraction of sp³-hybridized carbons (Fsp3) is 0.926. The maximum absolute atomic E-state index is 13.2. The highest BCUT2D eigenvalue weighted by molar-refractivity contribution is 5.80. The predicted octanol–water partition coefficient (Wildman–Crippen LogP) is 16.0. The molecule has 0 aromatic heterocycles. The van der Waals surface area contributed by atoms with Gasteiger partial charge in [0.05, 0.1) is 25.4 Å². The summed E-state index contributed by atoms with van der Waals surface area (Å²) >= 11 is 0. The van der Waals surface area contributed by atoms with Gasteiger partial charge in [0.25, 0.3) is 0 Å². The molecule has 0 bridgehead atoms. The van der Waals surface area contributed by atoms with E-state index in [1.165, 1.54) is 250 Å². The Balaban J connectivity index is 2.20. The number of aliphatic hydroxyl groups is 7. The molecule has 1 aliphatic rings. The minimum atomic E-state index is -1.67. The van der Waals surface area contributed by atoms with Crippen LogP contribution in [0.25, 0.3) is 0 Å². The maximum atomic E-state index is 13.2. The van der Waals surface area contributed by atoms with Gasteiger partial charge in [0.1, 0.15) is 36.6 Å². The van der Waals surface area contributed by atoms with Gasteiger partial charge < -0.3 is 50.5 Å². The van der Waals surface area contributed by atoms with Crippen LogP contribution in [0.5, 0.6) is 0 Å². The first-order chi connectivity index (χ1) is 38.7. The summed E-state index contributed by atoms with van der Waals surface area (Å²) in [6, 6.07) is -1.19. The van der Waals surface area contributed by atoms with Gasteiger partial charge in [-0.3, -0.25) is 4.79 Å². The van der Waals surface area contributed by atoms with Gasteiger partial charge in [-0.15, -0.1) is 0 Å². The van der Waals surface area contributed by atoms with Crippen LogP contribution in [0.3, 0.4) is 0 Å². The Labute approximate surface area is 486 Å². The van der Waals surface area contributed by atoms with Crippen LogP contribution in [0.15, 0.2) is 24.3 Å². The molecule has 1 aliphatic heterocycles. The topological polar surface area (TPSA) is 189 Å². The van der Waals surface area contributed by atoms with E-state index in [0.29, 0.717) is 19.3 Å². The molecular weight excluding hydrogens is 991 g/mol. The lowest BCUT2D eigenvalue weighted by Crippen LogP contribution is -2.60. The number of carbonyl (C=O) groups is 1. The minimum Gasteiger partial charge on any atom is -0.394 e. The summed E-state index contributed by atoms with van der Waals surface area (Å²) in [6.07, 6.45) is 59.8. The van der Waals surface area contributed by atoms with Crippen molar-refractivity contribution < 1.29 is 50.0 Å². The number of allylic oxidation sites excluding steroid dienone is 4. The van der Waals surface area contributed by atoms with E-state index in [9.17, 15) is 40.5 Å². The Kier molecular flexibility index (Phi) is 54.6. The smallest absolute Gasteiger partial charge is 0.249 e. The zero-order valence-electron chi connectivity index (χ0n) is 51.6. The molecule has 0 saturated carbocycles. The van der Waals surface area contributed by atoms with Gasteiger partial charge in [-0.25, -0.2) is 0 Å². The lowest BCUT2D eigenvalue weighted by atomic mass is 9.98. The van der Waals surface area contributed by atoms with Gasteiger partial charge in [0.2, 0.25) is 5.91 Å². The second-order valence-corrected chi connectivity index (χ2v) is 24.2. The highest BCUT2D eigenvalue weighted by atomic mass is 16.7. The predicted molar refractivity (Wildman–Crippen MR) is 330 cm³/mol. The average Bonchev–Trinajstić information content (AvgIpc) is 3.46. The van der Waals surface area contributed by atoms with E-state index in [-0.39, 0.29) is 12.8 Å². The van der Waals surface area contributed by atoms with E-state index in [1.54, 1.807) is 0 Å². The molecule has 0 aromatic rings. The lowest BCUT2D eigenvalue weighted by molar-refractivity contribution is -0.303. The van der Waals surface area contributed by atoms with Crippen LogP contribution in [-0.2, 0) is 14.3 Å². The quantitative estimate of drug-likeness (QED) is 0.0215. The molecular formula is C68H131NO10. The average molecular weight is 1120 g/mol. The third kappa shape index (κ3) is 44.7. The fourth-order valence-electron chi connectivity index (χ4n) is 11.2. The first kappa shape index (κ1) is 75.6. The van der Waals surface area contributed by atoms with E-state index in [4.69, 9.17) is 9.47 Å². The Morgan fingerprint density at radius 3 is 1.13 bits per heavy atom. The van der Waals surface area contributed by atoms with Crippen molar-refractivity contribution in [1.29, 1.82) is 0 Å². The molecule has 11 nitrogen and oxygen atoms in total. The Hall–Kier alpha value is -1.41. The van der Waals surface area contributed by atoms with Gasteiger partial charge in [-0.05, 0) is 51.4 Å². The van der Waals surface area contributed by atoms with Crippen molar-refractivity contribution in [3.05, 3.63) is 24.3 Å². The summed E-state index contributed by atoms with van der Waals surface area (Å²) in [5.41, 5.74) is 0. The summed E-state index contributed by atoms with van der Waals surface area (Å²) in [7, 11) is 0. The number of rotatable bonds is 60. The molecule has 1 saturated heterocycles. The van der Waals surface area contributed by atoms with Crippen molar-refractivity contribution in [3.8, 4) is 0 Å². The first-order valence-corrected chi connectivity index (χ1v) is 34.2. The van der Waals surface area contributed by atoms with E-state index in [2.05, 4.69) is 43.5 Å². The molecule has 9 unspecified atom stereocenters. The van der Waals surface area contributed by atoms with Gasteiger partial charge in [0, 0.05) is 0 Å². The largest absolute Gasteiger partial charge is 0.394 e. The molecule has 9 atom stereocenters. The number of amides is 1. The van der Waals surface area contributed by atoms with Crippen LogP contribution in [0, 0.1) is 0 Å². The van der Waals surface area contributed by atoms with Gasteiger partial charge in [0.15, 0.2) is 6.29 Å². The van der Waals surface area contributed by atoms with Crippen LogP contribution in [0.2, 0.25) is 0 Å². The third-order valence-electron chi connectivity index (χ3n) is 16.7. The number of hydrogen-bond donors (Lipinski definition) is 8.